The second kappa shape index (κ2) is 5.49. The standard InChI is InChI=1S/C9H12O.CH2O/c1-7-3-8(2)5-9(4-7)6-10;1-2/h3-5,10H,6H2,1-2H3;1H2. The van der Waals surface area contributed by atoms with Crippen molar-refractivity contribution in [3.8, 4) is 0 Å². The first-order valence-corrected chi connectivity index (χ1v) is 3.69. The maximum absolute atomic E-state index is 8.79. The minimum absolute atomic E-state index is 0.141. The van der Waals surface area contributed by atoms with E-state index in [1.165, 1.54) is 11.1 Å². The molecule has 12 heavy (non-hydrogen) atoms. The highest BCUT2D eigenvalue weighted by Crippen LogP contribution is 2.07. The third-order valence-electron chi connectivity index (χ3n) is 1.46. The van der Waals surface area contributed by atoms with Crippen molar-refractivity contribution in [1.82, 2.24) is 0 Å². The zero-order valence-electron chi connectivity index (χ0n) is 7.50. The molecule has 1 N–H and O–H groups in total. The van der Waals surface area contributed by atoms with Gasteiger partial charge in [-0.3, -0.25) is 0 Å². The molecule has 0 saturated heterocycles. The van der Waals surface area contributed by atoms with Crippen LogP contribution in [0.5, 0.6) is 0 Å². The number of carbonyl (C=O) groups is 1. The van der Waals surface area contributed by atoms with E-state index < -0.39 is 0 Å². The summed E-state index contributed by atoms with van der Waals surface area (Å²) in [6.07, 6.45) is 0. The molecule has 0 unspecified atom stereocenters. The van der Waals surface area contributed by atoms with Gasteiger partial charge in [-0.1, -0.05) is 29.3 Å². The predicted molar refractivity (Wildman–Crippen MR) is 49.0 cm³/mol. The molecule has 0 aliphatic heterocycles. The molecule has 0 bridgehead atoms. The smallest absolute Gasteiger partial charge is 0.106 e. The van der Waals surface area contributed by atoms with Crippen LogP contribution in [0.3, 0.4) is 0 Å². The topological polar surface area (TPSA) is 37.3 Å². The minimum atomic E-state index is 0.141. The van der Waals surface area contributed by atoms with Crippen LogP contribution in [0.1, 0.15) is 16.7 Å². The monoisotopic (exact) mass is 166 g/mol. The van der Waals surface area contributed by atoms with E-state index in [1.807, 2.05) is 32.8 Å². The van der Waals surface area contributed by atoms with Gasteiger partial charge >= 0.3 is 0 Å². The van der Waals surface area contributed by atoms with Gasteiger partial charge in [-0.25, -0.2) is 0 Å². The SMILES string of the molecule is C=O.Cc1cc(C)cc(CO)c1. The zero-order chi connectivity index (χ0) is 9.56. The average molecular weight is 166 g/mol. The van der Waals surface area contributed by atoms with Crippen molar-refractivity contribution in [2.75, 3.05) is 0 Å². The summed E-state index contributed by atoms with van der Waals surface area (Å²) in [4.78, 5) is 8.00. The van der Waals surface area contributed by atoms with E-state index in [2.05, 4.69) is 6.07 Å². The summed E-state index contributed by atoms with van der Waals surface area (Å²) in [7, 11) is 0. The van der Waals surface area contributed by atoms with Crippen LogP contribution >= 0.6 is 0 Å². The Bertz CT molecular complexity index is 223. The zero-order valence-corrected chi connectivity index (χ0v) is 7.50. The molecule has 0 atom stereocenters. The Labute approximate surface area is 72.9 Å². The van der Waals surface area contributed by atoms with Crippen molar-refractivity contribution >= 4 is 6.79 Å². The summed E-state index contributed by atoms with van der Waals surface area (Å²) in [6.45, 7) is 6.21. The Morgan fingerprint density at radius 1 is 1.17 bits per heavy atom. The van der Waals surface area contributed by atoms with E-state index in [0.29, 0.717) is 0 Å². The lowest BCUT2D eigenvalue weighted by molar-refractivity contribution is -0.0979. The maximum Gasteiger partial charge on any atom is 0.106 e. The van der Waals surface area contributed by atoms with Crippen molar-refractivity contribution in [3.05, 3.63) is 34.9 Å². The molecule has 0 fully saturated rings. The largest absolute Gasteiger partial charge is 0.392 e. The fourth-order valence-electron chi connectivity index (χ4n) is 1.16. The second-order valence-corrected chi connectivity index (χ2v) is 2.65. The highest BCUT2D eigenvalue weighted by Gasteiger charge is 1.91. The Kier molecular flexibility index (Phi) is 4.97. The molecule has 0 amide bonds. The third kappa shape index (κ3) is 3.30. The number of rotatable bonds is 1. The second-order valence-electron chi connectivity index (χ2n) is 2.65. The summed E-state index contributed by atoms with van der Waals surface area (Å²) in [5, 5.41) is 8.79. The quantitative estimate of drug-likeness (QED) is 0.688. The van der Waals surface area contributed by atoms with E-state index >= 15 is 0 Å². The van der Waals surface area contributed by atoms with E-state index in [0.717, 1.165) is 5.56 Å². The fraction of sp³-hybridized carbons (Fsp3) is 0.300. The van der Waals surface area contributed by atoms with E-state index in [9.17, 15) is 0 Å². The number of aliphatic hydroxyl groups excluding tert-OH is 1. The molecule has 0 radical (unpaired) electrons. The van der Waals surface area contributed by atoms with Crippen LogP contribution in [-0.4, -0.2) is 11.9 Å². The van der Waals surface area contributed by atoms with Crippen LogP contribution in [0, 0.1) is 13.8 Å². The van der Waals surface area contributed by atoms with Crippen LogP contribution in [0.15, 0.2) is 18.2 Å². The number of aliphatic hydroxyl groups is 1. The van der Waals surface area contributed by atoms with Crippen molar-refractivity contribution in [2.24, 2.45) is 0 Å². The first-order chi connectivity index (χ1) is 5.72. The number of hydrogen-bond acceptors (Lipinski definition) is 2. The number of carbonyl (C=O) groups excluding carboxylic acids is 1. The highest BCUT2D eigenvalue weighted by atomic mass is 16.3. The Balaban J connectivity index is 0.000000561. The molecule has 1 rings (SSSR count). The first kappa shape index (κ1) is 10.8. The predicted octanol–water partition coefficient (Wildman–Crippen LogP) is 1.61. The van der Waals surface area contributed by atoms with Crippen LogP contribution in [-0.2, 0) is 11.4 Å². The first-order valence-electron chi connectivity index (χ1n) is 3.69. The molecule has 0 aliphatic rings. The van der Waals surface area contributed by atoms with Crippen molar-refractivity contribution in [2.45, 2.75) is 20.5 Å². The summed E-state index contributed by atoms with van der Waals surface area (Å²) < 4.78 is 0. The van der Waals surface area contributed by atoms with Gasteiger partial charge in [-0.2, -0.15) is 0 Å². The Morgan fingerprint density at radius 3 is 1.92 bits per heavy atom. The molecule has 1 aromatic carbocycles. The molecule has 0 saturated carbocycles. The molecular formula is C10H14O2. The van der Waals surface area contributed by atoms with Gasteiger partial charge in [0.05, 0.1) is 6.61 Å². The Hall–Kier alpha value is -1.15. The summed E-state index contributed by atoms with van der Waals surface area (Å²) in [6, 6.07) is 6.08. The van der Waals surface area contributed by atoms with Gasteiger partial charge in [-0.05, 0) is 19.4 Å². The Morgan fingerprint density at radius 2 is 1.58 bits per heavy atom. The molecule has 2 heteroatoms. The van der Waals surface area contributed by atoms with E-state index in [4.69, 9.17) is 9.90 Å². The van der Waals surface area contributed by atoms with Crippen LogP contribution in [0.4, 0.5) is 0 Å². The van der Waals surface area contributed by atoms with Gasteiger partial charge in [0, 0.05) is 0 Å². The molecule has 0 aliphatic carbocycles. The molecule has 2 nitrogen and oxygen atoms in total. The lowest BCUT2D eigenvalue weighted by atomic mass is 10.1. The lowest BCUT2D eigenvalue weighted by Gasteiger charge is -1.99. The van der Waals surface area contributed by atoms with Gasteiger partial charge in [0.25, 0.3) is 0 Å². The van der Waals surface area contributed by atoms with E-state index in [1.54, 1.807) is 0 Å². The number of aryl methyl sites for hydroxylation is 2. The van der Waals surface area contributed by atoms with Gasteiger partial charge in [0.15, 0.2) is 0 Å². The highest BCUT2D eigenvalue weighted by molar-refractivity contribution is 5.27. The van der Waals surface area contributed by atoms with Crippen LogP contribution in [0.2, 0.25) is 0 Å². The van der Waals surface area contributed by atoms with Gasteiger partial charge < -0.3 is 9.90 Å². The van der Waals surface area contributed by atoms with Crippen LogP contribution in [0.25, 0.3) is 0 Å². The van der Waals surface area contributed by atoms with E-state index in [-0.39, 0.29) is 6.61 Å². The number of benzene rings is 1. The third-order valence-corrected chi connectivity index (χ3v) is 1.46. The number of hydrogen-bond donors (Lipinski definition) is 1. The molecule has 66 valence electrons. The minimum Gasteiger partial charge on any atom is -0.392 e. The summed E-state index contributed by atoms with van der Waals surface area (Å²) in [5.74, 6) is 0. The van der Waals surface area contributed by atoms with Gasteiger partial charge in [0.2, 0.25) is 0 Å². The molecule has 0 spiro atoms. The molecule has 0 heterocycles. The van der Waals surface area contributed by atoms with Crippen LogP contribution < -0.4 is 0 Å². The summed E-state index contributed by atoms with van der Waals surface area (Å²) >= 11 is 0. The molecule has 0 aromatic heterocycles. The van der Waals surface area contributed by atoms with Gasteiger partial charge in [0.1, 0.15) is 6.79 Å². The normalized spacial score (nSPS) is 8.58. The summed E-state index contributed by atoms with van der Waals surface area (Å²) in [5.41, 5.74) is 3.42. The molecule has 1 aromatic rings. The van der Waals surface area contributed by atoms with Crippen molar-refractivity contribution < 1.29 is 9.90 Å². The van der Waals surface area contributed by atoms with Crippen molar-refractivity contribution in [3.63, 3.8) is 0 Å². The van der Waals surface area contributed by atoms with Crippen molar-refractivity contribution in [1.29, 1.82) is 0 Å². The lowest BCUT2D eigenvalue weighted by Crippen LogP contribution is -1.85. The van der Waals surface area contributed by atoms with Gasteiger partial charge in [-0.15, -0.1) is 0 Å². The fourth-order valence-corrected chi connectivity index (χ4v) is 1.16. The molecular weight excluding hydrogens is 152 g/mol. The average Bonchev–Trinajstić information content (AvgIpc) is 2.06. The maximum atomic E-state index is 8.79.